The maximum Gasteiger partial charge on any atom is 0.256 e. The number of H-pyrrole nitrogens is 1. The van der Waals surface area contributed by atoms with Gasteiger partial charge in [0.15, 0.2) is 5.60 Å². The highest BCUT2D eigenvalue weighted by molar-refractivity contribution is 5.86. The third-order valence-electron chi connectivity index (χ3n) is 6.09. The first kappa shape index (κ1) is 19.2. The van der Waals surface area contributed by atoms with Crippen molar-refractivity contribution in [3.8, 4) is 0 Å². The van der Waals surface area contributed by atoms with Gasteiger partial charge in [-0.05, 0) is 29.9 Å². The Kier molecular flexibility index (Phi) is 5.25. The largest absolute Gasteiger partial charge is 0.379 e. The van der Waals surface area contributed by atoms with Crippen LogP contribution in [0, 0.1) is 0 Å². The van der Waals surface area contributed by atoms with Gasteiger partial charge in [-0.3, -0.25) is 14.8 Å². The number of nitrogens with one attached hydrogen (secondary N) is 1. The first-order valence-corrected chi connectivity index (χ1v) is 10.3. The summed E-state index contributed by atoms with van der Waals surface area (Å²) in [5, 5.41) is 18.3. The molecule has 2 aromatic rings. The van der Waals surface area contributed by atoms with Crippen molar-refractivity contribution in [3.63, 3.8) is 0 Å². The lowest BCUT2D eigenvalue weighted by Crippen LogP contribution is -2.58. The van der Waals surface area contributed by atoms with Crippen LogP contribution < -0.4 is 0 Å². The molecule has 6 nitrogen and oxygen atoms in total. The second-order valence-corrected chi connectivity index (χ2v) is 8.59. The van der Waals surface area contributed by atoms with Crippen LogP contribution in [0.1, 0.15) is 55.0 Å². The van der Waals surface area contributed by atoms with Crippen LogP contribution in [0.15, 0.2) is 30.5 Å². The molecule has 1 aromatic heterocycles. The van der Waals surface area contributed by atoms with Gasteiger partial charge in [-0.15, -0.1) is 0 Å². The van der Waals surface area contributed by atoms with E-state index in [0.717, 1.165) is 31.5 Å². The van der Waals surface area contributed by atoms with Crippen LogP contribution >= 0.6 is 0 Å². The second-order valence-electron chi connectivity index (χ2n) is 8.59. The number of hydrogen-bond acceptors (Lipinski definition) is 4. The first-order chi connectivity index (χ1) is 13.4. The summed E-state index contributed by atoms with van der Waals surface area (Å²) in [6.45, 7) is 7.58. The Bertz CT molecular complexity index is 829. The summed E-state index contributed by atoms with van der Waals surface area (Å²) in [7, 11) is 0. The van der Waals surface area contributed by atoms with Gasteiger partial charge in [-0.2, -0.15) is 5.10 Å². The molecule has 4 rings (SSSR count). The van der Waals surface area contributed by atoms with Gasteiger partial charge in [-0.1, -0.05) is 38.1 Å². The van der Waals surface area contributed by atoms with Gasteiger partial charge < -0.3 is 10.0 Å². The third-order valence-corrected chi connectivity index (χ3v) is 6.09. The molecule has 3 heterocycles. The van der Waals surface area contributed by atoms with E-state index in [9.17, 15) is 9.90 Å². The van der Waals surface area contributed by atoms with Gasteiger partial charge in [0.05, 0.1) is 6.20 Å². The fourth-order valence-electron chi connectivity index (χ4n) is 4.38. The number of piperidine rings is 1. The van der Waals surface area contributed by atoms with Crippen molar-refractivity contribution in [2.24, 2.45) is 0 Å². The van der Waals surface area contributed by atoms with E-state index in [1.165, 1.54) is 16.8 Å². The SMILES string of the molecule is CC(C)c1ccc(CN2CCCC(O)(CN3CCc4[nH]ncc4C3)C2=O)cc1. The Morgan fingerprint density at radius 1 is 1.25 bits per heavy atom. The quantitative estimate of drug-likeness (QED) is 0.833. The highest BCUT2D eigenvalue weighted by Gasteiger charge is 2.43. The summed E-state index contributed by atoms with van der Waals surface area (Å²) in [5.74, 6) is 0.362. The molecule has 1 unspecified atom stereocenters. The first-order valence-electron chi connectivity index (χ1n) is 10.3. The minimum absolute atomic E-state index is 0.135. The molecule has 0 radical (unpaired) electrons. The average molecular weight is 383 g/mol. The second kappa shape index (κ2) is 7.68. The molecule has 1 aromatic carbocycles. The molecular formula is C22H30N4O2. The smallest absolute Gasteiger partial charge is 0.256 e. The molecular weight excluding hydrogens is 352 g/mol. The predicted molar refractivity (Wildman–Crippen MR) is 108 cm³/mol. The summed E-state index contributed by atoms with van der Waals surface area (Å²) in [4.78, 5) is 17.1. The molecule has 1 saturated heterocycles. The number of aromatic nitrogens is 2. The highest BCUT2D eigenvalue weighted by atomic mass is 16.3. The minimum Gasteiger partial charge on any atom is -0.379 e. The maximum absolute atomic E-state index is 13.1. The molecule has 0 spiro atoms. The lowest BCUT2D eigenvalue weighted by Gasteiger charge is -2.41. The Hall–Kier alpha value is -2.18. The number of β-amino-alcohol motifs (C(OH)–C–C–N with tert-alkyl or cyclic N) is 1. The van der Waals surface area contributed by atoms with Crippen LogP contribution in [0.5, 0.6) is 0 Å². The summed E-state index contributed by atoms with van der Waals surface area (Å²) >= 11 is 0. The number of aromatic amines is 1. The molecule has 0 aliphatic carbocycles. The van der Waals surface area contributed by atoms with Crippen molar-refractivity contribution >= 4 is 5.91 Å². The zero-order valence-electron chi connectivity index (χ0n) is 16.8. The Morgan fingerprint density at radius 3 is 2.79 bits per heavy atom. The van der Waals surface area contributed by atoms with E-state index in [-0.39, 0.29) is 5.91 Å². The van der Waals surface area contributed by atoms with Gasteiger partial charge >= 0.3 is 0 Å². The van der Waals surface area contributed by atoms with E-state index in [1.807, 2.05) is 11.1 Å². The molecule has 1 fully saturated rings. The van der Waals surface area contributed by atoms with E-state index in [1.54, 1.807) is 0 Å². The summed E-state index contributed by atoms with van der Waals surface area (Å²) in [6, 6.07) is 8.47. The fraction of sp³-hybridized carbons (Fsp3) is 0.545. The van der Waals surface area contributed by atoms with E-state index < -0.39 is 5.60 Å². The summed E-state index contributed by atoms with van der Waals surface area (Å²) in [5.41, 5.74) is 3.46. The number of benzene rings is 1. The van der Waals surface area contributed by atoms with Crippen molar-refractivity contribution < 1.29 is 9.90 Å². The van der Waals surface area contributed by atoms with Crippen molar-refractivity contribution in [3.05, 3.63) is 52.8 Å². The van der Waals surface area contributed by atoms with Gasteiger partial charge in [0, 0.05) is 50.4 Å². The van der Waals surface area contributed by atoms with E-state index >= 15 is 0 Å². The van der Waals surface area contributed by atoms with Crippen molar-refractivity contribution in [1.82, 2.24) is 20.0 Å². The highest BCUT2D eigenvalue weighted by Crippen LogP contribution is 2.27. The number of carbonyl (C=O) groups is 1. The van der Waals surface area contributed by atoms with Crippen LogP contribution in [0.3, 0.4) is 0 Å². The van der Waals surface area contributed by atoms with Crippen LogP contribution in [0.4, 0.5) is 0 Å². The number of aliphatic hydroxyl groups is 1. The van der Waals surface area contributed by atoms with E-state index in [2.05, 4.69) is 53.2 Å². The van der Waals surface area contributed by atoms with E-state index in [0.29, 0.717) is 32.0 Å². The molecule has 1 atom stereocenters. The molecule has 150 valence electrons. The van der Waals surface area contributed by atoms with Crippen LogP contribution in [0.25, 0.3) is 0 Å². The molecule has 2 aliphatic heterocycles. The van der Waals surface area contributed by atoms with Crippen molar-refractivity contribution in [1.29, 1.82) is 0 Å². The average Bonchev–Trinajstić information content (AvgIpc) is 3.14. The zero-order valence-corrected chi connectivity index (χ0v) is 16.8. The monoisotopic (exact) mass is 382 g/mol. The fourth-order valence-corrected chi connectivity index (χ4v) is 4.38. The van der Waals surface area contributed by atoms with Crippen LogP contribution in [-0.4, -0.2) is 56.2 Å². The zero-order chi connectivity index (χ0) is 19.7. The third kappa shape index (κ3) is 3.84. The van der Waals surface area contributed by atoms with Crippen molar-refractivity contribution in [2.45, 2.75) is 57.7 Å². The Labute approximate surface area is 166 Å². The lowest BCUT2D eigenvalue weighted by molar-refractivity contribution is -0.160. The Balaban J connectivity index is 1.42. The van der Waals surface area contributed by atoms with Gasteiger partial charge in [0.25, 0.3) is 5.91 Å². The lowest BCUT2D eigenvalue weighted by atomic mass is 9.90. The van der Waals surface area contributed by atoms with Crippen LogP contribution in [-0.2, 0) is 24.3 Å². The number of nitrogens with zero attached hydrogens (tertiary/aromatic N) is 3. The van der Waals surface area contributed by atoms with Crippen LogP contribution in [0.2, 0.25) is 0 Å². The molecule has 1 amide bonds. The molecule has 0 bridgehead atoms. The van der Waals surface area contributed by atoms with E-state index in [4.69, 9.17) is 0 Å². The Morgan fingerprint density at radius 2 is 2.04 bits per heavy atom. The summed E-state index contributed by atoms with van der Waals surface area (Å²) in [6.07, 6.45) is 4.09. The number of carbonyl (C=O) groups excluding carboxylic acids is 1. The summed E-state index contributed by atoms with van der Waals surface area (Å²) < 4.78 is 0. The van der Waals surface area contributed by atoms with Gasteiger partial charge in [0.2, 0.25) is 0 Å². The number of rotatable bonds is 5. The normalized spacial score (nSPS) is 23.3. The molecule has 2 N–H and O–H groups in total. The molecule has 2 aliphatic rings. The number of likely N-dealkylation sites (tertiary alicyclic amines) is 1. The maximum atomic E-state index is 13.1. The topological polar surface area (TPSA) is 72.5 Å². The van der Waals surface area contributed by atoms with Gasteiger partial charge in [-0.25, -0.2) is 0 Å². The molecule has 6 heteroatoms. The minimum atomic E-state index is -1.29. The predicted octanol–water partition coefficient (Wildman–Crippen LogP) is 2.44. The van der Waals surface area contributed by atoms with Crippen molar-refractivity contribution in [2.75, 3.05) is 19.6 Å². The standard InChI is InChI=1S/C22H30N4O2/c1-16(2)18-6-4-17(5-7-18)13-26-10-3-9-22(28,21(26)27)15-25-11-8-20-19(14-25)12-23-24-20/h4-7,12,16,28H,3,8-11,13-15H2,1-2H3,(H,23,24). The molecule has 28 heavy (non-hydrogen) atoms. The number of hydrogen-bond donors (Lipinski definition) is 2. The molecule has 0 saturated carbocycles. The van der Waals surface area contributed by atoms with Gasteiger partial charge in [0.1, 0.15) is 0 Å². The number of fused-ring (bicyclic) bond motifs is 1. The number of amides is 1.